The quantitative estimate of drug-likeness (QED) is 0.849. The molecule has 1 aliphatic rings. The van der Waals surface area contributed by atoms with Crippen molar-refractivity contribution in [2.24, 2.45) is 11.7 Å². The number of nitrogens with zero attached hydrogens (tertiary/aromatic N) is 1. The van der Waals surface area contributed by atoms with Crippen LogP contribution in [0.1, 0.15) is 25.3 Å². The third kappa shape index (κ3) is 2.99. The second kappa shape index (κ2) is 5.36. The molecule has 1 aromatic rings. The molecule has 1 heterocycles. The molecule has 0 amide bonds. The van der Waals surface area contributed by atoms with Gasteiger partial charge < -0.3 is 10.6 Å². The van der Waals surface area contributed by atoms with E-state index in [1.165, 1.54) is 18.5 Å². The van der Waals surface area contributed by atoms with Crippen molar-refractivity contribution < 1.29 is 0 Å². The van der Waals surface area contributed by atoms with Gasteiger partial charge >= 0.3 is 0 Å². The average molecular weight is 313 g/mol. The van der Waals surface area contributed by atoms with Gasteiger partial charge in [-0.2, -0.15) is 0 Å². The Morgan fingerprint density at radius 2 is 2.29 bits per heavy atom. The molecule has 1 saturated heterocycles. The van der Waals surface area contributed by atoms with Crippen LogP contribution < -0.4 is 10.6 Å². The Balaban J connectivity index is 2.33. The standard InChI is InChI=1S/C13H17BrN2S/c1-9-3-2-6-16(8-9)12-5-4-10(14)7-11(12)13(15)17/h4-5,7,9H,2-3,6,8H2,1H3,(H2,15,17). The Morgan fingerprint density at radius 1 is 1.53 bits per heavy atom. The summed E-state index contributed by atoms with van der Waals surface area (Å²) < 4.78 is 1.02. The summed E-state index contributed by atoms with van der Waals surface area (Å²) in [6.07, 6.45) is 2.56. The molecule has 0 radical (unpaired) electrons. The van der Waals surface area contributed by atoms with E-state index < -0.39 is 0 Å². The fourth-order valence-corrected chi connectivity index (χ4v) is 2.91. The first-order chi connectivity index (χ1) is 8.08. The first kappa shape index (κ1) is 12.8. The normalized spacial score (nSPS) is 20.4. The first-order valence-corrected chi connectivity index (χ1v) is 7.12. The Morgan fingerprint density at radius 3 is 2.94 bits per heavy atom. The molecule has 0 spiro atoms. The molecule has 0 aromatic heterocycles. The third-order valence-corrected chi connectivity index (χ3v) is 3.93. The molecular formula is C13H17BrN2S. The van der Waals surface area contributed by atoms with E-state index in [2.05, 4.69) is 39.9 Å². The van der Waals surface area contributed by atoms with Gasteiger partial charge in [-0.15, -0.1) is 0 Å². The summed E-state index contributed by atoms with van der Waals surface area (Å²) in [6, 6.07) is 6.17. The molecule has 2 nitrogen and oxygen atoms in total. The highest BCUT2D eigenvalue weighted by molar-refractivity contribution is 9.10. The van der Waals surface area contributed by atoms with Crippen molar-refractivity contribution in [1.82, 2.24) is 0 Å². The van der Waals surface area contributed by atoms with Crippen molar-refractivity contribution in [2.75, 3.05) is 18.0 Å². The molecule has 92 valence electrons. The number of benzene rings is 1. The van der Waals surface area contributed by atoms with E-state index in [4.69, 9.17) is 18.0 Å². The second-order valence-corrected chi connectivity index (χ2v) is 6.07. The van der Waals surface area contributed by atoms with Crippen LogP contribution in [-0.2, 0) is 0 Å². The van der Waals surface area contributed by atoms with Gasteiger partial charge in [0.2, 0.25) is 0 Å². The number of nitrogens with two attached hydrogens (primary N) is 1. The van der Waals surface area contributed by atoms with Crippen LogP contribution in [0.4, 0.5) is 5.69 Å². The van der Waals surface area contributed by atoms with Crippen LogP contribution in [-0.4, -0.2) is 18.1 Å². The number of rotatable bonds is 2. The Hall–Kier alpha value is -0.610. The smallest absolute Gasteiger partial charge is 0.106 e. The zero-order chi connectivity index (χ0) is 12.4. The zero-order valence-electron chi connectivity index (χ0n) is 9.95. The van der Waals surface area contributed by atoms with E-state index in [1.54, 1.807) is 0 Å². The number of hydrogen-bond acceptors (Lipinski definition) is 2. The van der Waals surface area contributed by atoms with Crippen LogP contribution in [0.3, 0.4) is 0 Å². The maximum absolute atomic E-state index is 5.81. The van der Waals surface area contributed by atoms with Gasteiger partial charge in [0.05, 0.1) is 0 Å². The summed E-state index contributed by atoms with van der Waals surface area (Å²) >= 11 is 8.60. The lowest BCUT2D eigenvalue weighted by atomic mass is 9.99. The van der Waals surface area contributed by atoms with Crippen LogP contribution in [0.2, 0.25) is 0 Å². The van der Waals surface area contributed by atoms with Crippen LogP contribution in [0.15, 0.2) is 22.7 Å². The molecule has 2 N–H and O–H groups in total. The van der Waals surface area contributed by atoms with Crippen molar-refractivity contribution in [3.05, 3.63) is 28.2 Å². The molecule has 17 heavy (non-hydrogen) atoms. The summed E-state index contributed by atoms with van der Waals surface area (Å²) in [6.45, 7) is 4.49. The molecule has 4 heteroatoms. The summed E-state index contributed by atoms with van der Waals surface area (Å²) in [5.41, 5.74) is 7.96. The molecule has 0 bridgehead atoms. The van der Waals surface area contributed by atoms with Crippen molar-refractivity contribution in [3.63, 3.8) is 0 Å². The SMILES string of the molecule is CC1CCCN(c2ccc(Br)cc2C(N)=S)C1. The molecule has 0 aliphatic carbocycles. The fourth-order valence-electron chi connectivity index (χ4n) is 2.39. The molecule has 1 aliphatic heterocycles. The minimum atomic E-state index is 0.472. The maximum atomic E-state index is 5.81. The van der Waals surface area contributed by atoms with E-state index in [1.807, 2.05) is 6.07 Å². The van der Waals surface area contributed by atoms with Crippen LogP contribution in [0, 0.1) is 5.92 Å². The summed E-state index contributed by atoms with van der Waals surface area (Å²) in [4.78, 5) is 2.87. The van der Waals surface area contributed by atoms with Crippen molar-refractivity contribution in [2.45, 2.75) is 19.8 Å². The molecule has 1 atom stereocenters. The van der Waals surface area contributed by atoms with Crippen LogP contribution in [0.25, 0.3) is 0 Å². The topological polar surface area (TPSA) is 29.3 Å². The third-order valence-electron chi connectivity index (χ3n) is 3.22. The molecule has 1 aromatic carbocycles. The van der Waals surface area contributed by atoms with Gasteiger partial charge in [-0.1, -0.05) is 35.1 Å². The van der Waals surface area contributed by atoms with E-state index in [9.17, 15) is 0 Å². The van der Waals surface area contributed by atoms with Gasteiger partial charge in [-0.05, 0) is 37.0 Å². The molecular weight excluding hydrogens is 296 g/mol. The number of halogens is 1. The van der Waals surface area contributed by atoms with Crippen molar-refractivity contribution in [1.29, 1.82) is 0 Å². The van der Waals surface area contributed by atoms with Gasteiger partial charge in [0, 0.05) is 28.8 Å². The molecule has 1 unspecified atom stereocenters. The molecule has 0 saturated carbocycles. The highest BCUT2D eigenvalue weighted by Gasteiger charge is 2.19. The van der Waals surface area contributed by atoms with Gasteiger partial charge in [-0.25, -0.2) is 0 Å². The van der Waals surface area contributed by atoms with Gasteiger partial charge in [0.15, 0.2) is 0 Å². The molecule has 1 fully saturated rings. The van der Waals surface area contributed by atoms with E-state index in [0.29, 0.717) is 4.99 Å². The predicted octanol–water partition coefficient (Wildman–Crippen LogP) is 3.32. The minimum absolute atomic E-state index is 0.472. The maximum Gasteiger partial charge on any atom is 0.106 e. The summed E-state index contributed by atoms with van der Waals surface area (Å²) in [7, 11) is 0. The fraction of sp³-hybridized carbons (Fsp3) is 0.462. The monoisotopic (exact) mass is 312 g/mol. The lowest BCUT2D eigenvalue weighted by molar-refractivity contribution is 0.447. The van der Waals surface area contributed by atoms with Crippen LogP contribution >= 0.6 is 28.1 Å². The second-order valence-electron chi connectivity index (χ2n) is 4.72. The zero-order valence-corrected chi connectivity index (χ0v) is 12.4. The minimum Gasteiger partial charge on any atom is -0.389 e. The van der Waals surface area contributed by atoms with E-state index in [0.717, 1.165) is 29.0 Å². The highest BCUT2D eigenvalue weighted by atomic mass is 79.9. The van der Waals surface area contributed by atoms with Gasteiger partial charge in [0.25, 0.3) is 0 Å². The Labute approximate surface area is 116 Å². The van der Waals surface area contributed by atoms with Crippen molar-refractivity contribution >= 4 is 38.8 Å². The predicted molar refractivity (Wildman–Crippen MR) is 80.6 cm³/mol. The number of anilines is 1. The molecule has 2 rings (SSSR count). The Kier molecular flexibility index (Phi) is 4.05. The average Bonchev–Trinajstić information content (AvgIpc) is 2.28. The Bertz CT molecular complexity index is 433. The summed E-state index contributed by atoms with van der Waals surface area (Å²) in [5.74, 6) is 0.742. The number of thiocarbonyl (C=S) groups is 1. The van der Waals surface area contributed by atoms with E-state index >= 15 is 0 Å². The lowest BCUT2D eigenvalue weighted by Crippen LogP contribution is -2.35. The lowest BCUT2D eigenvalue weighted by Gasteiger charge is -2.34. The number of piperidine rings is 1. The first-order valence-electron chi connectivity index (χ1n) is 5.92. The van der Waals surface area contributed by atoms with E-state index in [-0.39, 0.29) is 0 Å². The van der Waals surface area contributed by atoms with Crippen LogP contribution in [0.5, 0.6) is 0 Å². The largest absolute Gasteiger partial charge is 0.389 e. The summed E-state index contributed by atoms with van der Waals surface area (Å²) in [5, 5.41) is 0. The van der Waals surface area contributed by atoms with Gasteiger partial charge in [0.1, 0.15) is 4.99 Å². The van der Waals surface area contributed by atoms with Gasteiger partial charge in [-0.3, -0.25) is 0 Å². The van der Waals surface area contributed by atoms with Crippen molar-refractivity contribution in [3.8, 4) is 0 Å². The number of hydrogen-bond donors (Lipinski definition) is 1. The highest BCUT2D eigenvalue weighted by Crippen LogP contribution is 2.28.